The average molecular weight is 178 g/mol. The van der Waals surface area contributed by atoms with Crippen LogP contribution in [0, 0.1) is 6.92 Å². The van der Waals surface area contributed by atoms with Gasteiger partial charge in [-0.2, -0.15) is 0 Å². The van der Waals surface area contributed by atoms with E-state index < -0.39 is 0 Å². The number of ether oxygens (including phenoxy) is 1. The third-order valence-corrected chi connectivity index (χ3v) is 2.34. The zero-order chi connectivity index (χ0) is 9.10. The van der Waals surface area contributed by atoms with E-state index in [4.69, 9.17) is 4.74 Å². The van der Waals surface area contributed by atoms with Gasteiger partial charge in [0.25, 0.3) is 0 Å². The minimum Gasteiger partial charge on any atom is -0.378 e. The van der Waals surface area contributed by atoms with Crippen LogP contribution in [0.5, 0.6) is 0 Å². The monoisotopic (exact) mass is 178 g/mol. The molecule has 1 saturated heterocycles. The van der Waals surface area contributed by atoms with Crippen LogP contribution in [0.2, 0.25) is 0 Å². The van der Waals surface area contributed by atoms with Crippen molar-refractivity contribution in [3.05, 3.63) is 24.0 Å². The molecule has 0 aliphatic carbocycles. The first kappa shape index (κ1) is 8.51. The molecule has 1 aromatic rings. The number of nitrogens with zero attached hydrogens (tertiary/aromatic N) is 2. The van der Waals surface area contributed by atoms with E-state index in [2.05, 4.69) is 22.9 Å². The number of pyridine rings is 1. The number of aromatic nitrogens is 1. The largest absolute Gasteiger partial charge is 0.378 e. The van der Waals surface area contributed by atoms with Crippen molar-refractivity contribution in [1.82, 2.24) is 4.98 Å². The molecule has 0 radical (unpaired) electrons. The van der Waals surface area contributed by atoms with Gasteiger partial charge in [-0.1, -0.05) is 0 Å². The summed E-state index contributed by atoms with van der Waals surface area (Å²) in [5.74, 6) is 0. The van der Waals surface area contributed by atoms with Crippen LogP contribution < -0.4 is 4.90 Å². The van der Waals surface area contributed by atoms with Gasteiger partial charge >= 0.3 is 0 Å². The molecule has 0 unspecified atom stereocenters. The first-order valence-electron chi connectivity index (χ1n) is 4.61. The Kier molecular flexibility index (Phi) is 2.45. The van der Waals surface area contributed by atoms with Gasteiger partial charge in [-0.3, -0.25) is 4.98 Å². The van der Waals surface area contributed by atoms with E-state index in [1.165, 1.54) is 11.3 Å². The normalized spacial score (nSPS) is 17.5. The topological polar surface area (TPSA) is 25.4 Å². The molecular formula is C10H14N2O. The van der Waals surface area contributed by atoms with Crippen molar-refractivity contribution in [2.75, 3.05) is 31.2 Å². The zero-order valence-electron chi connectivity index (χ0n) is 7.86. The molecular weight excluding hydrogens is 164 g/mol. The molecule has 1 aliphatic rings. The predicted octanol–water partition coefficient (Wildman–Crippen LogP) is 1.23. The van der Waals surface area contributed by atoms with Crippen LogP contribution in [0.15, 0.2) is 18.5 Å². The summed E-state index contributed by atoms with van der Waals surface area (Å²) in [5, 5.41) is 0. The van der Waals surface area contributed by atoms with Crippen LogP contribution in [0.4, 0.5) is 5.69 Å². The van der Waals surface area contributed by atoms with Crippen LogP contribution in [-0.4, -0.2) is 31.3 Å². The summed E-state index contributed by atoms with van der Waals surface area (Å²) >= 11 is 0. The second kappa shape index (κ2) is 3.75. The molecule has 0 saturated carbocycles. The van der Waals surface area contributed by atoms with Crippen molar-refractivity contribution in [2.45, 2.75) is 6.92 Å². The first-order chi connectivity index (χ1) is 6.38. The molecule has 1 aliphatic heterocycles. The highest BCUT2D eigenvalue weighted by atomic mass is 16.5. The van der Waals surface area contributed by atoms with Crippen molar-refractivity contribution in [3.63, 3.8) is 0 Å². The first-order valence-corrected chi connectivity index (χ1v) is 4.61. The minimum absolute atomic E-state index is 0.835. The molecule has 2 heterocycles. The SMILES string of the molecule is Cc1cnccc1N1CCOCC1. The Morgan fingerprint density at radius 1 is 1.38 bits per heavy atom. The Labute approximate surface area is 78.3 Å². The number of hydrogen-bond donors (Lipinski definition) is 0. The van der Waals surface area contributed by atoms with Crippen LogP contribution in [0.25, 0.3) is 0 Å². The fourth-order valence-electron chi connectivity index (χ4n) is 1.63. The summed E-state index contributed by atoms with van der Waals surface area (Å²) in [6.07, 6.45) is 3.75. The third kappa shape index (κ3) is 1.80. The van der Waals surface area contributed by atoms with Crippen LogP contribution >= 0.6 is 0 Å². The molecule has 13 heavy (non-hydrogen) atoms. The van der Waals surface area contributed by atoms with Gasteiger partial charge in [0.05, 0.1) is 13.2 Å². The van der Waals surface area contributed by atoms with E-state index in [1.807, 2.05) is 12.4 Å². The highest BCUT2D eigenvalue weighted by Crippen LogP contribution is 2.18. The standard InChI is InChI=1S/C10H14N2O/c1-9-8-11-3-2-10(9)12-4-6-13-7-5-12/h2-3,8H,4-7H2,1H3. The van der Waals surface area contributed by atoms with Gasteiger partial charge in [0.2, 0.25) is 0 Å². The van der Waals surface area contributed by atoms with Crippen molar-refractivity contribution in [3.8, 4) is 0 Å². The van der Waals surface area contributed by atoms with Crippen molar-refractivity contribution >= 4 is 5.69 Å². The average Bonchev–Trinajstić information content (AvgIpc) is 2.20. The Hall–Kier alpha value is -1.09. The van der Waals surface area contributed by atoms with Crippen molar-refractivity contribution < 1.29 is 4.74 Å². The van der Waals surface area contributed by atoms with E-state index in [9.17, 15) is 0 Å². The summed E-state index contributed by atoms with van der Waals surface area (Å²) in [6, 6.07) is 2.07. The number of aryl methyl sites for hydroxylation is 1. The van der Waals surface area contributed by atoms with Crippen LogP contribution in [0.3, 0.4) is 0 Å². The molecule has 0 N–H and O–H groups in total. The van der Waals surface area contributed by atoms with Crippen molar-refractivity contribution in [1.29, 1.82) is 0 Å². The zero-order valence-corrected chi connectivity index (χ0v) is 7.86. The van der Waals surface area contributed by atoms with Gasteiger partial charge < -0.3 is 9.64 Å². The Balaban J connectivity index is 2.18. The van der Waals surface area contributed by atoms with Gasteiger partial charge in [0, 0.05) is 31.2 Å². The molecule has 3 nitrogen and oxygen atoms in total. The molecule has 0 spiro atoms. The van der Waals surface area contributed by atoms with Crippen LogP contribution in [-0.2, 0) is 4.74 Å². The summed E-state index contributed by atoms with van der Waals surface area (Å²) in [6.45, 7) is 5.75. The van der Waals surface area contributed by atoms with Gasteiger partial charge in [-0.05, 0) is 18.6 Å². The maximum Gasteiger partial charge on any atom is 0.0642 e. The lowest BCUT2D eigenvalue weighted by molar-refractivity contribution is 0.122. The molecule has 0 amide bonds. The number of anilines is 1. The molecule has 2 rings (SSSR count). The summed E-state index contributed by atoms with van der Waals surface area (Å²) in [7, 11) is 0. The third-order valence-electron chi connectivity index (χ3n) is 2.34. The quantitative estimate of drug-likeness (QED) is 0.646. The maximum absolute atomic E-state index is 5.30. The van der Waals surface area contributed by atoms with E-state index in [1.54, 1.807) is 0 Å². The Bertz CT molecular complexity index is 282. The fraction of sp³-hybridized carbons (Fsp3) is 0.500. The molecule has 70 valence electrons. The summed E-state index contributed by atoms with van der Waals surface area (Å²) in [4.78, 5) is 6.43. The maximum atomic E-state index is 5.30. The second-order valence-corrected chi connectivity index (χ2v) is 3.26. The van der Waals surface area contributed by atoms with Gasteiger partial charge in [0.15, 0.2) is 0 Å². The van der Waals surface area contributed by atoms with E-state index in [0.717, 1.165) is 26.3 Å². The predicted molar refractivity (Wildman–Crippen MR) is 52.0 cm³/mol. The van der Waals surface area contributed by atoms with E-state index in [0.29, 0.717) is 0 Å². The van der Waals surface area contributed by atoms with Gasteiger partial charge in [-0.15, -0.1) is 0 Å². The Morgan fingerprint density at radius 2 is 2.15 bits per heavy atom. The van der Waals surface area contributed by atoms with E-state index >= 15 is 0 Å². The van der Waals surface area contributed by atoms with Gasteiger partial charge in [0.1, 0.15) is 0 Å². The molecule has 1 aromatic heterocycles. The lowest BCUT2D eigenvalue weighted by Crippen LogP contribution is -2.36. The smallest absolute Gasteiger partial charge is 0.0642 e. The molecule has 1 fully saturated rings. The lowest BCUT2D eigenvalue weighted by Gasteiger charge is -2.29. The number of morpholine rings is 1. The molecule has 0 atom stereocenters. The Morgan fingerprint density at radius 3 is 2.85 bits per heavy atom. The molecule has 0 aromatic carbocycles. The summed E-state index contributed by atoms with van der Waals surface area (Å²) in [5.41, 5.74) is 2.53. The fourth-order valence-corrected chi connectivity index (χ4v) is 1.63. The highest BCUT2D eigenvalue weighted by Gasteiger charge is 2.12. The van der Waals surface area contributed by atoms with Crippen LogP contribution in [0.1, 0.15) is 5.56 Å². The highest BCUT2D eigenvalue weighted by molar-refractivity contribution is 5.51. The summed E-state index contributed by atoms with van der Waals surface area (Å²) < 4.78 is 5.30. The number of rotatable bonds is 1. The van der Waals surface area contributed by atoms with Crippen molar-refractivity contribution in [2.24, 2.45) is 0 Å². The molecule has 3 heteroatoms. The van der Waals surface area contributed by atoms with E-state index in [-0.39, 0.29) is 0 Å². The number of hydrogen-bond acceptors (Lipinski definition) is 3. The second-order valence-electron chi connectivity index (χ2n) is 3.26. The minimum atomic E-state index is 0.835. The molecule has 0 bridgehead atoms. The lowest BCUT2D eigenvalue weighted by atomic mass is 10.2. The van der Waals surface area contributed by atoms with Gasteiger partial charge in [-0.25, -0.2) is 0 Å².